The molecule has 0 aliphatic carbocycles. The maximum atomic E-state index is 13.7. The largest absolute Gasteiger partial charge is 0.348 e. The highest BCUT2D eigenvalue weighted by atomic mass is 19.1. The molecule has 0 radical (unpaired) electrons. The Hall–Kier alpha value is -3.52. The molecule has 178 valence electrons. The predicted octanol–water partition coefficient (Wildman–Crippen LogP) is 3.22. The SMILES string of the molecule is Cc1cccc(-c2nn(-c3ccc(F)cc3)cc2C(=O)N2CCCN(CC(=O)N(C)C)CC2)c1. The molecule has 2 heterocycles. The Labute approximate surface area is 199 Å². The van der Waals surface area contributed by atoms with E-state index in [2.05, 4.69) is 4.90 Å². The van der Waals surface area contributed by atoms with Crippen LogP contribution in [0.2, 0.25) is 0 Å². The summed E-state index contributed by atoms with van der Waals surface area (Å²) in [4.78, 5) is 31.3. The van der Waals surface area contributed by atoms with Gasteiger partial charge >= 0.3 is 0 Å². The van der Waals surface area contributed by atoms with Crippen LogP contribution in [0.5, 0.6) is 0 Å². The van der Waals surface area contributed by atoms with Crippen molar-refractivity contribution in [2.24, 2.45) is 0 Å². The standard InChI is InChI=1S/C26H30FN5O2/c1-19-6-4-7-20(16-19)25-23(17-32(28-25)22-10-8-21(27)9-11-22)26(34)31-13-5-12-30(14-15-31)18-24(33)29(2)3/h4,6-11,16-17H,5,12-15,18H2,1-3H3. The molecule has 0 saturated carbocycles. The van der Waals surface area contributed by atoms with Crippen molar-refractivity contribution in [1.82, 2.24) is 24.5 Å². The molecule has 0 N–H and O–H groups in total. The van der Waals surface area contributed by atoms with Crippen LogP contribution in [0, 0.1) is 12.7 Å². The number of amides is 2. The highest BCUT2D eigenvalue weighted by molar-refractivity contribution is 6.00. The summed E-state index contributed by atoms with van der Waals surface area (Å²) in [5.41, 5.74) is 3.72. The zero-order valence-electron chi connectivity index (χ0n) is 19.9. The van der Waals surface area contributed by atoms with E-state index in [9.17, 15) is 14.0 Å². The van der Waals surface area contributed by atoms with Crippen LogP contribution in [0.3, 0.4) is 0 Å². The zero-order valence-corrected chi connectivity index (χ0v) is 19.9. The van der Waals surface area contributed by atoms with Gasteiger partial charge in [0.2, 0.25) is 5.91 Å². The van der Waals surface area contributed by atoms with Crippen LogP contribution < -0.4 is 0 Å². The third-order valence-corrected chi connectivity index (χ3v) is 6.06. The van der Waals surface area contributed by atoms with E-state index < -0.39 is 0 Å². The maximum absolute atomic E-state index is 13.7. The average Bonchev–Trinajstić information content (AvgIpc) is 3.13. The van der Waals surface area contributed by atoms with Gasteiger partial charge in [0.15, 0.2) is 0 Å². The van der Waals surface area contributed by atoms with E-state index in [1.54, 1.807) is 42.0 Å². The van der Waals surface area contributed by atoms with Gasteiger partial charge in [-0.2, -0.15) is 5.10 Å². The number of likely N-dealkylation sites (N-methyl/N-ethyl adjacent to an activating group) is 1. The van der Waals surface area contributed by atoms with E-state index in [1.807, 2.05) is 36.1 Å². The highest BCUT2D eigenvalue weighted by Crippen LogP contribution is 2.26. The molecule has 8 heteroatoms. The zero-order chi connectivity index (χ0) is 24.2. The summed E-state index contributed by atoms with van der Waals surface area (Å²) in [6.07, 6.45) is 2.52. The van der Waals surface area contributed by atoms with Crippen LogP contribution in [0.4, 0.5) is 4.39 Å². The molecule has 1 fully saturated rings. The van der Waals surface area contributed by atoms with Crippen molar-refractivity contribution in [1.29, 1.82) is 0 Å². The Morgan fingerprint density at radius 2 is 1.79 bits per heavy atom. The predicted molar refractivity (Wildman–Crippen MR) is 129 cm³/mol. The third kappa shape index (κ3) is 5.34. The fourth-order valence-electron chi connectivity index (χ4n) is 4.10. The highest BCUT2D eigenvalue weighted by Gasteiger charge is 2.26. The van der Waals surface area contributed by atoms with Gasteiger partial charge in [-0.25, -0.2) is 9.07 Å². The second-order valence-corrected chi connectivity index (χ2v) is 8.89. The van der Waals surface area contributed by atoms with Crippen molar-refractivity contribution in [3.63, 3.8) is 0 Å². The normalized spacial score (nSPS) is 14.6. The van der Waals surface area contributed by atoms with Crippen LogP contribution in [-0.4, -0.2) is 83.1 Å². The smallest absolute Gasteiger partial charge is 0.257 e. The molecular formula is C26H30FN5O2. The van der Waals surface area contributed by atoms with Gasteiger partial charge in [0.25, 0.3) is 5.91 Å². The molecular weight excluding hydrogens is 433 g/mol. The number of hydrogen-bond acceptors (Lipinski definition) is 4. The van der Waals surface area contributed by atoms with E-state index in [4.69, 9.17) is 5.10 Å². The summed E-state index contributed by atoms with van der Waals surface area (Å²) in [6, 6.07) is 13.9. The number of carbonyl (C=O) groups is 2. The Balaban J connectivity index is 1.62. The lowest BCUT2D eigenvalue weighted by molar-refractivity contribution is -0.129. The molecule has 3 aromatic rings. The molecule has 34 heavy (non-hydrogen) atoms. The summed E-state index contributed by atoms with van der Waals surface area (Å²) in [6.45, 7) is 4.90. The second kappa shape index (κ2) is 10.2. The number of nitrogens with zero attached hydrogens (tertiary/aromatic N) is 5. The third-order valence-electron chi connectivity index (χ3n) is 6.06. The number of rotatable bonds is 5. The first-order chi connectivity index (χ1) is 16.3. The van der Waals surface area contributed by atoms with Gasteiger partial charge in [0.05, 0.1) is 17.8 Å². The van der Waals surface area contributed by atoms with Crippen LogP contribution in [0.1, 0.15) is 22.3 Å². The topological polar surface area (TPSA) is 61.7 Å². The average molecular weight is 464 g/mol. The molecule has 7 nitrogen and oxygen atoms in total. The first-order valence-corrected chi connectivity index (χ1v) is 11.5. The van der Waals surface area contributed by atoms with Crippen LogP contribution in [0.25, 0.3) is 16.9 Å². The van der Waals surface area contributed by atoms with E-state index in [-0.39, 0.29) is 17.6 Å². The van der Waals surface area contributed by atoms with Gasteiger partial charge in [-0.05, 0) is 43.7 Å². The summed E-state index contributed by atoms with van der Waals surface area (Å²) in [7, 11) is 3.50. The Morgan fingerprint density at radius 3 is 2.50 bits per heavy atom. The number of carbonyl (C=O) groups excluding carboxylic acids is 2. The molecule has 0 unspecified atom stereocenters. The van der Waals surface area contributed by atoms with Crippen LogP contribution in [-0.2, 0) is 4.79 Å². The molecule has 1 aliphatic heterocycles. The minimum absolute atomic E-state index is 0.0575. The number of halogens is 1. The van der Waals surface area contributed by atoms with Gasteiger partial charge in [0, 0.05) is 52.0 Å². The van der Waals surface area contributed by atoms with E-state index in [1.165, 1.54) is 12.1 Å². The summed E-state index contributed by atoms with van der Waals surface area (Å²) >= 11 is 0. The lowest BCUT2D eigenvalue weighted by atomic mass is 10.0. The fraction of sp³-hybridized carbons (Fsp3) is 0.346. The Morgan fingerprint density at radius 1 is 1.03 bits per heavy atom. The fourth-order valence-corrected chi connectivity index (χ4v) is 4.10. The van der Waals surface area contributed by atoms with Crippen LogP contribution in [0.15, 0.2) is 54.7 Å². The summed E-state index contributed by atoms with van der Waals surface area (Å²) in [5, 5.41) is 4.72. The molecule has 0 spiro atoms. The summed E-state index contributed by atoms with van der Waals surface area (Å²) < 4.78 is 15.1. The summed E-state index contributed by atoms with van der Waals surface area (Å²) in [5.74, 6) is -0.360. The molecule has 2 amide bonds. The monoisotopic (exact) mass is 463 g/mol. The number of hydrogen-bond donors (Lipinski definition) is 0. The lowest BCUT2D eigenvalue weighted by Crippen LogP contribution is -2.39. The molecule has 1 aromatic heterocycles. The molecule has 2 aromatic carbocycles. The van der Waals surface area contributed by atoms with Gasteiger partial charge in [0.1, 0.15) is 11.5 Å². The second-order valence-electron chi connectivity index (χ2n) is 8.89. The minimum Gasteiger partial charge on any atom is -0.348 e. The molecule has 4 rings (SSSR count). The van der Waals surface area contributed by atoms with Crippen LogP contribution >= 0.6 is 0 Å². The molecule has 0 atom stereocenters. The molecule has 1 saturated heterocycles. The molecule has 0 bridgehead atoms. The van der Waals surface area contributed by atoms with Gasteiger partial charge in [-0.3, -0.25) is 14.5 Å². The first-order valence-electron chi connectivity index (χ1n) is 11.5. The number of aryl methyl sites for hydroxylation is 1. The van der Waals surface area contributed by atoms with E-state index in [0.29, 0.717) is 43.1 Å². The number of benzene rings is 2. The number of aromatic nitrogens is 2. The van der Waals surface area contributed by atoms with Gasteiger partial charge in [-0.15, -0.1) is 0 Å². The first kappa shape index (κ1) is 23.6. The maximum Gasteiger partial charge on any atom is 0.257 e. The van der Waals surface area contributed by atoms with Crippen molar-refractivity contribution in [3.8, 4) is 16.9 Å². The molecule has 1 aliphatic rings. The van der Waals surface area contributed by atoms with Gasteiger partial charge in [-0.1, -0.05) is 23.8 Å². The quantitative estimate of drug-likeness (QED) is 0.583. The van der Waals surface area contributed by atoms with E-state index in [0.717, 1.165) is 24.1 Å². The van der Waals surface area contributed by atoms with Crippen molar-refractivity contribution >= 4 is 11.8 Å². The minimum atomic E-state index is -0.326. The van der Waals surface area contributed by atoms with Crippen molar-refractivity contribution in [2.75, 3.05) is 46.8 Å². The lowest BCUT2D eigenvalue weighted by Gasteiger charge is -2.22. The van der Waals surface area contributed by atoms with E-state index >= 15 is 0 Å². The van der Waals surface area contributed by atoms with Crippen molar-refractivity contribution in [2.45, 2.75) is 13.3 Å². The van der Waals surface area contributed by atoms with Gasteiger partial charge < -0.3 is 9.80 Å². The van der Waals surface area contributed by atoms with Crippen molar-refractivity contribution < 1.29 is 14.0 Å². The Kier molecular flexibility index (Phi) is 7.07. The van der Waals surface area contributed by atoms with Crippen molar-refractivity contribution in [3.05, 3.63) is 71.7 Å². The Bertz CT molecular complexity index is 1170.